The van der Waals surface area contributed by atoms with Gasteiger partial charge in [-0.25, -0.2) is 0 Å². The molecule has 3 atom stereocenters. The van der Waals surface area contributed by atoms with E-state index in [1.165, 1.54) is 5.56 Å². The number of hydrogen-bond donors (Lipinski definition) is 1. The number of carbonyl (C=O) groups excluding carboxylic acids is 3. The maximum absolute atomic E-state index is 13.0. The van der Waals surface area contributed by atoms with Crippen molar-refractivity contribution in [2.24, 2.45) is 0 Å². The van der Waals surface area contributed by atoms with Gasteiger partial charge in [-0.1, -0.05) is 37.3 Å². The van der Waals surface area contributed by atoms with E-state index in [1.807, 2.05) is 24.3 Å². The van der Waals surface area contributed by atoms with Crippen molar-refractivity contribution in [3.63, 3.8) is 0 Å². The summed E-state index contributed by atoms with van der Waals surface area (Å²) in [6.07, 6.45) is 3.85. The molecule has 0 aromatic heterocycles. The Morgan fingerprint density at radius 1 is 1.09 bits per heavy atom. The average Bonchev–Trinajstić information content (AvgIpc) is 3.42. The molecule has 0 aliphatic carbocycles. The molecule has 34 heavy (non-hydrogen) atoms. The van der Waals surface area contributed by atoms with Crippen molar-refractivity contribution < 1.29 is 19.1 Å². The Morgan fingerprint density at radius 3 is 2.68 bits per heavy atom. The van der Waals surface area contributed by atoms with Crippen molar-refractivity contribution in [3.05, 3.63) is 65.2 Å². The largest absolute Gasteiger partial charge is 0.489 e. The molecule has 3 aliphatic heterocycles. The van der Waals surface area contributed by atoms with E-state index >= 15 is 0 Å². The number of likely N-dealkylation sites (tertiary alicyclic amines) is 1. The van der Waals surface area contributed by atoms with Crippen LogP contribution in [0.2, 0.25) is 0 Å². The van der Waals surface area contributed by atoms with Crippen LogP contribution in [-0.2, 0) is 22.7 Å². The van der Waals surface area contributed by atoms with E-state index in [0.717, 1.165) is 43.7 Å². The highest BCUT2D eigenvalue weighted by Crippen LogP contribution is 2.32. The van der Waals surface area contributed by atoms with Gasteiger partial charge < -0.3 is 9.64 Å². The van der Waals surface area contributed by atoms with Crippen LogP contribution < -0.4 is 10.1 Å². The lowest BCUT2D eigenvalue weighted by Crippen LogP contribution is -2.52. The lowest BCUT2D eigenvalue weighted by Gasteiger charge is -2.31. The Morgan fingerprint density at radius 2 is 1.91 bits per heavy atom. The molecule has 2 aromatic carbocycles. The molecule has 3 heterocycles. The SMILES string of the molecule is CCC(Oc1ccc2c(c1)CN(C1CCC(=O)NC1=O)C2=O)C1CCCN1Cc1ccccc1. The van der Waals surface area contributed by atoms with E-state index in [1.54, 1.807) is 4.90 Å². The van der Waals surface area contributed by atoms with Crippen molar-refractivity contribution in [1.82, 2.24) is 15.1 Å². The number of ether oxygens (including phenoxy) is 1. The number of piperidine rings is 1. The van der Waals surface area contributed by atoms with Gasteiger partial charge in [0, 0.05) is 31.1 Å². The summed E-state index contributed by atoms with van der Waals surface area (Å²) in [5.74, 6) is -0.0670. The number of nitrogens with zero attached hydrogens (tertiary/aromatic N) is 2. The smallest absolute Gasteiger partial charge is 0.255 e. The van der Waals surface area contributed by atoms with Gasteiger partial charge in [-0.15, -0.1) is 0 Å². The number of rotatable bonds is 7. The maximum atomic E-state index is 13.0. The van der Waals surface area contributed by atoms with Crippen LogP contribution >= 0.6 is 0 Å². The summed E-state index contributed by atoms with van der Waals surface area (Å²) in [5, 5.41) is 2.35. The molecule has 7 nitrogen and oxygen atoms in total. The first-order valence-electron chi connectivity index (χ1n) is 12.3. The van der Waals surface area contributed by atoms with Gasteiger partial charge in [0.05, 0.1) is 0 Å². The van der Waals surface area contributed by atoms with E-state index < -0.39 is 6.04 Å². The molecule has 3 amide bonds. The fourth-order valence-electron chi connectivity index (χ4n) is 5.52. The van der Waals surface area contributed by atoms with Crippen molar-refractivity contribution in [3.8, 4) is 5.75 Å². The molecule has 7 heteroatoms. The van der Waals surface area contributed by atoms with Gasteiger partial charge in [-0.3, -0.25) is 24.6 Å². The second kappa shape index (κ2) is 9.58. The average molecular weight is 462 g/mol. The van der Waals surface area contributed by atoms with E-state index in [9.17, 15) is 14.4 Å². The summed E-state index contributed by atoms with van der Waals surface area (Å²) in [6, 6.07) is 15.9. The second-order valence-electron chi connectivity index (χ2n) is 9.45. The third-order valence-electron chi connectivity index (χ3n) is 7.26. The normalized spacial score (nSPS) is 23.7. The summed E-state index contributed by atoms with van der Waals surface area (Å²) in [7, 11) is 0. The minimum Gasteiger partial charge on any atom is -0.489 e. The van der Waals surface area contributed by atoms with E-state index in [4.69, 9.17) is 4.74 Å². The van der Waals surface area contributed by atoms with Crippen molar-refractivity contribution >= 4 is 17.7 Å². The second-order valence-corrected chi connectivity index (χ2v) is 9.45. The highest BCUT2D eigenvalue weighted by Gasteiger charge is 2.39. The topological polar surface area (TPSA) is 79.0 Å². The van der Waals surface area contributed by atoms with Gasteiger partial charge in [-0.05, 0) is 61.6 Å². The molecule has 0 radical (unpaired) electrons. The zero-order valence-electron chi connectivity index (χ0n) is 19.5. The predicted molar refractivity (Wildman–Crippen MR) is 127 cm³/mol. The van der Waals surface area contributed by atoms with Gasteiger partial charge >= 0.3 is 0 Å². The first-order valence-corrected chi connectivity index (χ1v) is 12.3. The molecule has 3 aliphatic rings. The lowest BCUT2D eigenvalue weighted by atomic mass is 10.0. The fourth-order valence-corrected chi connectivity index (χ4v) is 5.52. The van der Waals surface area contributed by atoms with Crippen LogP contribution in [0.1, 0.15) is 60.5 Å². The fraction of sp³-hybridized carbons (Fsp3) is 0.444. The molecule has 178 valence electrons. The molecule has 2 saturated heterocycles. The van der Waals surface area contributed by atoms with Crippen LogP contribution in [0.25, 0.3) is 0 Å². The van der Waals surface area contributed by atoms with E-state index in [-0.39, 0.29) is 30.2 Å². The third-order valence-corrected chi connectivity index (χ3v) is 7.26. The van der Waals surface area contributed by atoms with Crippen molar-refractivity contribution in [2.45, 2.75) is 70.3 Å². The van der Waals surface area contributed by atoms with Crippen LogP contribution in [0.5, 0.6) is 5.75 Å². The molecule has 0 saturated carbocycles. The zero-order valence-corrected chi connectivity index (χ0v) is 19.5. The number of amides is 3. The molecule has 1 N–H and O–H groups in total. The van der Waals surface area contributed by atoms with Crippen LogP contribution in [-0.4, -0.2) is 52.3 Å². The first kappa shape index (κ1) is 22.6. The van der Waals surface area contributed by atoms with Gasteiger partial charge in [-0.2, -0.15) is 0 Å². The number of benzene rings is 2. The molecular weight excluding hydrogens is 430 g/mol. The summed E-state index contributed by atoms with van der Waals surface area (Å²) >= 11 is 0. The number of hydrogen-bond acceptors (Lipinski definition) is 5. The van der Waals surface area contributed by atoms with Gasteiger partial charge in [0.2, 0.25) is 11.8 Å². The van der Waals surface area contributed by atoms with Crippen molar-refractivity contribution in [1.29, 1.82) is 0 Å². The standard InChI is InChI=1S/C27H31N3O4/c1-2-24(22-9-6-14-29(22)16-18-7-4-3-5-8-18)34-20-10-11-21-19(15-20)17-30(27(21)33)23-12-13-25(31)28-26(23)32/h3-5,7-8,10-11,15,22-24H,2,6,9,12-14,16-17H2,1H3,(H,28,31,32). The maximum Gasteiger partial charge on any atom is 0.255 e. The highest BCUT2D eigenvalue weighted by atomic mass is 16.5. The first-order chi connectivity index (χ1) is 16.5. The number of imide groups is 1. The molecule has 0 spiro atoms. The van der Waals surface area contributed by atoms with Crippen molar-refractivity contribution in [2.75, 3.05) is 6.54 Å². The minimum absolute atomic E-state index is 0.0626. The Kier molecular flexibility index (Phi) is 6.37. The van der Waals surface area contributed by atoms with E-state index in [2.05, 4.69) is 41.4 Å². The number of fused-ring (bicyclic) bond motifs is 1. The monoisotopic (exact) mass is 461 g/mol. The molecule has 2 aromatic rings. The number of carbonyl (C=O) groups is 3. The molecule has 3 unspecified atom stereocenters. The Balaban J connectivity index is 1.28. The predicted octanol–water partition coefficient (Wildman–Crippen LogP) is 3.27. The number of nitrogens with one attached hydrogen (secondary N) is 1. The molecule has 2 fully saturated rings. The summed E-state index contributed by atoms with van der Waals surface area (Å²) in [4.78, 5) is 40.8. The Hall–Kier alpha value is -3.19. The van der Waals surface area contributed by atoms with E-state index in [0.29, 0.717) is 24.6 Å². The lowest BCUT2D eigenvalue weighted by molar-refractivity contribution is -0.136. The Labute approximate surface area is 200 Å². The van der Waals surface area contributed by atoms with Crippen LogP contribution in [0.15, 0.2) is 48.5 Å². The Bertz CT molecular complexity index is 1090. The van der Waals surface area contributed by atoms with Crippen LogP contribution in [0.4, 0.5) is 0 Å². The highest BCUT2D eigenvalue weighted by molar-refractivity contribution is 6.05. The van der Waals surface area contributed by atoms with Crippen LogP contribution in [0.3, 0.4) is 0 Å². The zero-order chi connectivity index (χ0) is 23.7. The van der Waals surface area contributed by atoms with Gasteiger partial charge in [0.15, 0.2) is 0 Å². The van der Waals surface area contributed by atoms with Gasteiger partial charge in [0.25, 0.3) is 5.91 Å². The summed E-state index contributed by atoms with van der Waals surface area (Å²) < 4.78 is 6.50. The quantitative estimate of drug-likeness (QED) is 0.641. The van der Waals surface area contributed by atoms with Crippen LogP contribution in [0, 0.1) is 0 Å². The molecular formula is C27H31N3O4. The summed E-state index contributed by atoms with van der Waals surface area (Å²) in [5.41, 5.74) is 2.79. The minimum atomic E-state index is -0.601. The van der Waals surface area contributed by atoms with Gasteiger partial charge in [0.1, 0.15) is 17.9 Å². The molecule has 5 rings (SSSR count). The molecule has 0 bridgehead atoms. The third kappa shape index (κ3) is 4.44. The summed E-state index contributed by atoms with van der Waals surface area (Å²) in [6.45, 7) is 4.51.